The summed E-state index contributed by atoms with van der Waals surface area (Å²) in [5.74, 6) is 0.839. The van der Waals surface area contributed by atoms with Crippen molar-refractivity contribution in [2.75, 3.05) is 65.6 Å². The molecule has 6 nitrogen and oxygen atoms in total. The van der Waals surface area contributed by atoms with Crippen LogP contribution in [0.5, 0.6) is 5.75 Å². The molecule has 31 heavy (non-hydrogen) atoms. The van der Waals surface area contributed by atoms with Gasteiger partial charge in [0.25, 0.3) is 5.91 Å². The van der Waals surface area contributed by atoms with Crippen LogP contribution < -0.4 is 4.74 Å². The van der Waals surface area contributed by atoms with Crippen LogP contribution in [0.15, 0.2) is 48.5 Å². The summed E-state index contributed by atoms with van der Waals surface area (Å²) in [6.45, 7) is 8.90. The number of hydrogen-bond acceptors (Lipinski definition) is 5. The minimum atomic E-state index is 0.121. The van der Waals surface area contributed by atoms with Crippen molar-refractivity contribution in [3.8, 4) is 5.75 Å². The van der Waals surface area contributed by atoms with Crippen LogP contribution in [0.25, 0.3) is 0 Å². The summed E-state index contributed by atoms with van der Waals surface area (Å²) in [5, 5.41) is 0.633. The lowest BCUT2D eigenvalue weighted by Crippen LogP contribution is -2.49. The van der Waals surface area contributed by atoms with Crippen molar-refractivity contribution in [3.05, 3.63) is 64.7 Å². The first-order valence-corrected chi connectivity index (χ1v) is 11.3. The van der Waals surface area contributed by atoms with E-state index in [2.05, 4.69) is 15.9 Å². The molecular formula is C24H30ClN3O3. The monoisotopic (exact) mass is 443 g/mol. The van der Waals surface area contributed by atoms with Gasteiger partial charge in [-0.15, -0.1) is 0 Å². The molecular weight excluding hydrogens is 414 g/mol. The molecule has 0 atom stereocenters. The number of piperazine rings is 1. The van der Waals surface area contributed by atoms with Gasteiger partial charge in [0.15, 0.2) is 0 Å². The third-order valence-electron chi connectivity index (χ3n) is 5.85. The average Bonchev–Trinajstić information content (AvgIpc) is 2.81. The summed E-state index contributed by atoms with van der Waals surface area (Å²) in [5.41, 5.74) is 1.96. The van der Waals surface area contributed by atoms with Gasteiger partial charge in [-0.3, -0.25) is 14.6 Å². The van der Waals surface area contributed by atoms with Gasteiger partial charge in [-0.2, -0.15) is 0 Å². The number of amides is 1. The standard InChI is InChI=1S/C24H30ClN3O3/c25-22-6-1-2-7-23(22)31-17-14-26-8-10-28(11-9-26)24(29)21-5-3-4-20(18-21)19-27-12-15-30-16-13-27/h1-7,18H,8-17,19H2. The van der Waals surface area contributed by atoms with E-state index in [0.717, 1.165) is 76.9 Å². The molecule has 0 N–H and O–H groups in total. The topological polar surface area (TPSA) is 45.2 Å². The van der Waals surface area contributed by atoms with E-state index < -0.39 is 0 Å². The third kappa shape index (κ3) is 6.20. The van der Waals surface area contributed by atoms with E-state index in [0.29, 0.717) is 11.6 Å². The first-order valence-electron chi connectivity index (χ1n) is 11.0. The van der Waals surface area contributed by atoms with E-state index in [1.165, 1.54) is 5.56 Å². The highest BCUT2D eigenvalue weighted by atomic mass is 35.5. The van der Waals surface area contributed by atoms with Crippen molar-refractivity contribution < 1.29 is 14.3 Å². The second-order valence-corrected chi connectivity index (χ2v) is 8.41. The van der Waals surface area contributed by atoms with E-state index in [4.69, 9.17) is 21.1 Å². The molecule has 0 radical (unpaired) electrons. The van der Waals surface area contributed by atoms with Gasteiger partial charge >= 0.3 is 0 Å². The zero-order valence-corrected chi connectivity index (χ0v) is 18.6. The second kappa shape index (κ2) is 11.0. The first-order chi connectivity index (χ1) is 15.2. The largest absolute Gasteiger partial charge is 0.491 e. The average molecular weight is 444 g/mol. The van der Waals surface area contributed by atoms with Crippen LogP contribution in [-0.2, 0) is 11.3 Å². The van der Waals surface area contributed by atoms with E-state index >= 15 is 0 Å². The fourth-order valence-corrected chi connectivity index (χ4v) is 4.21. The van der Waals surface area contributed by atoms with Crippen molar-refractivity contribution in [1.29, 1.82) is 0 Å². The Morgan fingerprint density at radius 3 is 2.48 bits per heavy atom. The predicted molar refractivity (Wildman–Crippen MR) is 122 cm³/mol. The van der Waals surface area contributed by atoms with E-state index in [9.17, 15) is 4.79 Å². The molecule has 0 aliphatic carbocycles. The Morgan fingerprint density at radius 2 is 1.71 bits per heavy atom. The quantitative estimate of drug-likeness (QED) is 0.658. The smallest absolute Gasteiger partial charge is 0.253 e. The summed E-state index contributed by atoms with van der Waals surface area (Å²) >= 11 is 6.13. The van der Waals surface area contributed by atoms with Gasteiger partial charge in [0.05, 0.1) is 18.2 Å². The summed E-state index contributed by atoms with van der Waals surface area (Å²) < 4.78 is 11.2. The number of benzene rings is 2. The molecule has 2 saturated heterocycles. The maximum absolute atomic E-state index is 13.0. The van der Waals surface area contributed by atoms with Crippen LogP contribution in [0.3, 0.4) is 0 Å². The van der Waals surface area contributed by atoms with E-state index in [1.807, 2.05) is 47.4 Å². The molecule has 0 unspecified atom stereocenters. The Kier molecular flexibility index (Phi) is 7.81. The van der Waals surface area contributed by atoms with Crippen LogP contribution in [0.4, 0.5) is 0 Å². The van der Waals surface area contributed by atoms with Gasteiger partial charge in [0, 0.05) is 57.9 Å². The molecule has 4 rings (SSSR count). The molecule has 0 aromatic heterocycles. The molecule has 0 bridgehead atoms. The number of halogens is 1. The molecule has 0 saturated carbocycles. The summed E-state index contributed by atoms with van der Waals surface area (Å²) in [6.07, 6.45) is 0. The van der Waals surface area contributed by atoms with Crippen molar-refractivity contribution >= 4 is 17.5 Å². The van der Waals surface area contributed by atoms with Crippen LogP contribution in [0.2, 0.25) is 5.02 Å². The van der Waals surface area contributed by atoms with Gasteiger partial charge in [0.1, 0.15) is 12.4 Å². The van der Waals surface area contributed by atoms with Crippen LogP contribution in [0, 0.1) is 0 Å². The van der Waals surface area contributed by atoms with E-state index in [-0.39, 0.29) is 5.91 Å². The fourth-order valence-electron chi connectivity index (χ4n) is 4.02. The van der Waals surface area contributed by atoms with Gasteiger partial charge in [0.2, 0.25) is 0 Å². The number of ether oxygens (including phenoxy) is 2. The zero-order valence-electron chi connectivity index (χ0n) is 17.8. The molecule has 0 spiro atoms. The minimum Gasteiger partial charge on any atom is -0.491 e. The Hall–Kier alpha value is -2.12. The lowest BCUT2D eigenvalue weighted by Gasteiger charge is -2.34. The normalized spacial score (nSPS) is 18.2. The number of carbonyl (C=O) groups is 1. The SMILES string of the molecule is O=C(c1cccc(CN2CCOCC2)c1)N1CCN(CCOc2ccccc2Cl)CC1. The Labute approximate surface area is 189 Å². The van der Waals surface area contributed by atoms with Crippen molar-refractivity contribution in [2.24, 2.45) is 0 Å². The van der Waals surface area contributed by atoms with Crippen LogP contribution in [0.1, 0.15) is 15.9 Å². The summed E-state index contributed by atoms with van der Waals surface area (Å²) in [7, 11) is 0. The maximum Gasteiger partial charge on any atom is 0.253 e. The molecule has 2 fully saturated rings. The van der Waals surface area contributed by atoms with Crippen LogP contribution >= 0.6 is 11.6 Å². The second-order valence-electron chi connectivity index (χ2n) is 8.00. The molecule has 2 aromatic carbocycles. The van der Waals surface area contributed by atoms with Crippen molar-refractivity contribution in [3.63, 3.8) is 0 Å². The lowest BCUT2D eigenvalue weighted by atomic mass is 10.1. The van der Waals surface area contributed by atoms with Crippen molar-refractivity contribution in [1.82, 2.24) is 14.7 Å². The Bertz CT molecular complexity index is 865. The van der Waals surface area contributed by atoms with Gasteiger partial charge in [-0.05, 0) is 29.8 Å². The highest BCUT2D eigenvalue weighted by Crippen LogP contribution is 2.23. The minimum absolute atomic E-state index is 0.121. The molecule has 2 aliphatic heterocycles. The number of carbonyl (C=O) groups excluding carboxylic acids is 1. The van der Waals surface area contributed by atoms with Gasteiger partial charge in [-0.1, -0.05) is 35.9 Å². The number of rotatable bonds is 7. The highest BCUT2D eigenvalue weighted by molar-refractivity contribution is 6.32. The van der Waals surface area contributed by atoms with Gasteiger partial charge in [-0.25, -0.2) is 0 Å². The predicted octanol–water partition coefficient (Wildman–Crippen LogP) is 3.01. The molecule has 2 heterocycles. The molecule has 1 amide bonds. The highest BCUT2D eigenvalue weighted by Gasteiger charge is 2.22. The zero-order chi connectivity index (χ0) is 21.5. The maximum atomic E-state index is 13.0. The van der Waals surface area contributed by atoms with Gasteiger partial charge < -0.3 is 14.4 Å². The summed E-state index contributed by atoms with van der Waals surface area (Å²) in [4.78, 5) is 19.7. The third-order valence-corrected chi connectivity index (χ3v) is 6.16. The number of nitrogens with zero attached hydrogens (tertiary/aromatic N) is 3. The number of hydrogen-bond donors (Lipinski definition) is 0. The molecule has 7 heteroatoms. The molecule has 2 aliphatic rings. The first kappa shape index (κ1) is 22.1. The molecule has 166 valence electrons. The van der Waals surface area contributed by atoms with E-state index in [1.54, 1.807) is 0 Å². The Morgan fingerprint density at radius 1 is 0.935 bits per heavy atom. The Balaban J connectivity index is 1.23. The number of morpholine rings is 1. The summed E-state index contributed by atoms with van der Waals surface area (Å²) in [6, 6.07) is 15.6. The lowest BCUT2D eigenvalue weighted by molar-refractivity contribution is 0.0341. The van der Waals surface area contributed by atoms with Crippen LogP contribution in [-0.4, -0.2) is 86.2 Å². The fraction of sp³-hybridized carbons (Fsp3) is 0.458. The number of para-hydroxylation sites is 1. The molecule has 2 aromatic rings. The van der Waals surface area contributed by atoms with Crippen molar-refractivity contribution in [2.45, 2.75) is 6.54 Å².